The lowest BCUT2D eigenvalue weighted by atomic mass is 10.2. The van der Waals surface area contributed by atoms with E-state index in [1.807, 2.05) is 28.9 Å². The lowest BCUT2D eigenvalue weighted by Gasteiger charge is -2.14. The summed E-state index contributed by atoms with van der Waals surface area (Å²) in [7, 11) is 0. The third-order valence-corrected chi connectivity index (χ3v) is 2.76. The number of para-hydroxylation sites is 2. The van der Waals surface area contributed by atoms with Gasteiger partial charge in [-0.05, 0) is 6.07 Å². The molecule has 0 aliphatic heterocycles. The van der Waals surface area contributed by atoms with E-state index < -0.39 is 4.92 Å². The molecule has 1 rings (SSSR count). The summed E-state index contributed by atoms with van der Waals surface area (Å²) >= 11 is 1.97. The van der Waals surface area contributed by atoms with Gasteiger partial charge in [0.15, 0.2) is 0 Å². The molecule has 1 aromatic rings. The number of anilines is 1. The molecule has 0 saturated heterocycles. The molecule has 5 nitrogen and oxygen atoms in total. The van der Waals surface area contributed by atoms with Crippen LogP contribution in [-0.2, 0) is 0 Å². The molecule has 0 atom stereocenters. The number of rotatable bonds is 4. The summed E-state index contributed by atoms with van der Waals surface area (Å²) < 4.78 is 1.68. The van der Waals surface area contributed by atoms with Crippen LogP contribution in [0.25, 0.3) is 0 Å². The van der Waals surface area contributed by atoms with Gasteiger partial charge in [0.2, 0.25) is 0 Å². The second-order valence-electron chi connectivity index (χ2n) is 2.74. The number of hydrogen-bond donors (Lipinski definition) is 0. The molecule has 0 fully saturated rings. The normalized spacial score (nSPS) is 9.33. The molecule has 0 saturated carbocycles. The molecule has 0 aromatic heterocycles. The van der Waals surface area contributed by atoms with Crippen molar-refractivity contribution < 1.29 is 4.92 Å². The Bertz CT molecular complexity index is 403. The van der Waals surface area contributed by atoms with E-state index in [0.29, 0.717) is 18.7 Å². The quantitative estimate of drug-likeness (QED) is 0.370. The maximum atomic E-state index is 10.7. The maximum Gasteiger partial charge on any atom is 0.293 e. The number of nitro groups is 1. The zero-order chi connectivity index (χ0) is 11.3. The molecule has 0 unspecified atom stereocenters. The van der Waals surface area contributed by atoms with E-state index >= 15 is 0 Å². The fourth-order valence-electron chi connectivity index (χ4n) is 1.09. The van der Waals surface area contributed by atoms with Crippen LogP contribution in [0.2, 0.25) is 0 Å². The van der Waals surface area contributed by atoms with Crippen molar-refractivity contribution in [3.63, 3.8) is 0 Å². The van der Waals surface area contributed by atoms with E-state index in [-0.39, 0.29) is 5.69 Å². The van der Waals surface area contributed by atoms with Gasteiger partial charge in [-0.15, -0.1) is 0 Å². The first-order chi connectivity index (χ1) is 7.16. The van der Waals surface area contributed by atoms with Gasteiger partial charge in [0.05, 0.1) is 40.3 Å². The second kappa shape index (κ2) is 5.50. The van der Waals surface area contributed by atoms with Crippen molar-refractivity contribution in [1.82, 2.24) is 0 Å². The predicted molar refractivity (Wildman–Crippen MR) is 64.7 cm³/mol. The highest BCUT2D eigenvalue weighted by Crippen LogP contribution is 2.29. The van der Waals surface area contributed by atoms with Crippen molar-refractivity contribution in [3.8, 4) is 6.07 Å². The summed E-state index contributed by atoms with van der Waals surface area (Å²) in [4.78, 5) is 10.3. The number of nitro benzene ring substituents is 1. The van der Waals surface area contributed by atoms with Crippen LogP contribution >= 0.6 is 22.9 Å². The summed E-state index contributed by atoms with van der Waals surface area (Å²) in [6.45, 7) is 0.474. The summed E-state index contributed by atoms with van der Waals surface area (Å²) in [5, 5.41) is 19.1. The molecule has 0 bridgehead atoms. The van der Waals surface area contributed by atoms with E-state index in [2.05, 4.69) is 0 Å². The topological polar surface area (TPSA) is 70.2 Å². The van der Waals surface area contributed by atoms with Crippen molar-refractivity contribution in [2.24, 2.45) is 0 Å². The molecule has 0 radical (unpaired) electrons. The predicted octanol–water partition coefficient (Wildman–Crippen LogP) is 2.66. The lowest BCUT2D eigenvalue weighted by molar-refractivity contribution is -0.384. The first kappa shape index (κ1) is 11.7. The first-order valence-electron chi connectivity index (χ1n) is 4.20. The van der Waals surface area contributed by atoms with E-state index in [9.17, 15) is 10.1 Å². The fourth-order valence-corrected chi connectivity index (χ4v) is 1.74. The number of halogens is 1. The maximum absolute atomic E-state index is 10.7. The Morgan fingerprint density at radius 3 is 2.80 bits per heavy atom. The molecule has 0 spiro atoms. The largest absolute Gasteiger partial charge is 0.308 e. The molecular weight excluding hydrogens is 309 g/mol. The number of nitriles is 1. The van der Waals surface area contributed by atoms with Crippen LogP contribution in [0.1, 0.15) is 6.42 Å². The van der Waals surface area contributed by atoms with Gasteiger partial charge in [-0.25, -0.2) is 0 Å². The summed E-state index contributed by atoms with van der Waals surface area (Å²) in [6.07, 6.45) is 0.342. The Hall–Kier alpha value is -1.36. The van der Waals surface area contributed by atoms with E-state index in [4.69, 9.17) is 5.26 Å². The van der Waals surface area contributed by atoms with E-state index in [1.165, 1.54) is 6.07 Å². The monoisotopic (exact) mass is 317 g/mol. The Morgan fingerprint density at radius 1 is 1.53 bits per heavy atom. The molecule has 0 aliphatic rings. The molecule has 0 N–H and O–H groups in total. The van der Waals surface area contributed by atoms with Crippen LogP contribution in [0.5, 0.6) is 0 Å². The van der Waals surface area contributed by atoms with Gasteiger partial charge in [-0.2, -0.15) is 5.26 Å². The third kappa shape index (κ3) is 3.06. The van der Waals surface area contributed by atoms with Crippen molar-refractivity contribution in [1.29, 1.82) is 5.26 Å². The van der Waals surface area contributed by atoms with Crippen LogP contribution < -0.4 is 3.11 Å². The highest BCUT2D eigenvalue weighted by molar-refractivity contribution is 14.1. The lowest BCUT2D eigenvalue weighted by Crippen LogP contribution is -2.11. The van der Waals surface area contributed by atoms with Gasteiger partial charge in [0.25, 0.3) is 5.69 Å². The first-order valence-corrected chi connectivity index (χ1v) is 5.17. The second-order valence-corrected chi connectivity index (χ2v) is 3.90. The smallest absolute Gasteiger partial charge is 0.293 e. The summed E-state index contributed by atoms with van der Waals surface area (Å²) in [5.74, 6) is 0. The minimum absolute atomic E-state index is 0.0600. The highest BCUT2D eigenvalue weighted by atomic mass is 127. The molecule has 6 heteroatoms. The Labute approximate surface area is 101 Å². The van der Waals surface area contributed by atoms with Crippen molar-refractivity contribution >= 4 is 34.2 Å². The minimum Gasteiger partial charge on any atom is -0.308 e. The molecule has 15 heavy (non-hydrogen) atoms. The van der Waals surface area contributed by atoms with Gasteiger partial charge in [0.1, 0.15) is 5.69 Å². The van der Waals surface area contributed by atoms with Crippen LogP contribution in [-0.4, -0.2) is 11.5 Å². The number of nitrogens with zero attached hydrogens (tertiary/aromatic N) is 3. The van der Waals surface area contributed by atoms with Crippen LogP contribution in [0.4, 0.5) is 11.4 Å². The zero-order valence-corrected chi connectivity index (χ0v) is 9.92. The third-order valence-electron chi connectivity index (χ3n) is 1.76. The van der Waals surface area contributed by atoms with Crippen molar-refractivity contribution in [2.45, 2.75) is 6.42 Å². The fraction of sp³-hybridized carbons (Fsp3) is 0.222. The SMILES string of the molecule is N#CCCN(I)c1ccccc1[N+](=O)[O-]. The summed E-state index contributed by atoms with van der Waals surface area (Å²) in [5.41, 5.74) is 0.586. The molecule has 1 aromatic carbocycles. The molecule has 0 aliphatic carbocycles. The molecule has 0 amide bonds. The van der Waals surface area contributed by atoms with Gasteiger partial charge in [-0.1, -0.05) is 12.1 Å². The van der Waals surface area contributed by atoms with Crippen LogP contribution in [0.15, 0.2) is 24.3 Å². The Kier molecular flexibility index (Phi) is 4.30. The highest BCUT2D eigenvalue weighted by Gasteiger charge is 2.16. The van der Waals surface area contributed by atoms with Crippen molar-refractivity contribution in [3.05, 3.63) is 34.4 Å². The van der Waals surface area contributed by atoms with Crippen LogP contribution in [0.3, 0.4) is 0 Å². The molecule has 78 valence electrons. The van der Waals surface area contributed by atoms with E-state index in [0.717, 1.165) is 0 Å². The molecular formula is C9H8IN3O2. The zero-order valence-electron chi connectivity index (χ0n) is 7.76. The van der Waals surface area contributed by atoms with E-state index in [1.54, 1.807) is 21.3 Å². The summed E-state index contributed by atoms with van der Waals surface area (Å²) in [6, 6.07) is 8.48. The van der Waals surface area contributed by atoms with Gasteiger partial charge in [0, 0.05) is 12.6 Å². The minimum atomic E-state index is -0.423. The van der Waals surface area contributed by atoms with Crippen LogP contribution in [0, 0.1) is 21.4 Å². The Morgan fingerprint density at radius 2 is 2.20 bits per heavy atom. The standard InChI is InChI=1S/C9H8IN3O2/c10-12(7-3-6-11)8-4-1-2-5-9(8)13(14)15/h1-2,4-5H,3,7H2. The molecule has 0 heterocycles. The van der Waals surface area contributed by atoms with Gasteiger partial charge < -0.3 is 3.11 Å². The van der Waals surface area contributed by atoms with Gasteiger partial charge in [-0.3, -0.25) is 10.1 Å². The number of benzene rings is 1. The average Bonchev–Trinajstić information content (AvgIpc) is 2.25. The van der Waals surface area contributed by atoms with Gasteiger partial charge >= 0.3 is 0 Å². The Balaban J connectivity index is 2.93. The van der Waals surface area contributed by atoms with Crippen molar-refractivity contribution in [2.75, 3.05) is 9.66 Å². The number of hydrogen-bond acceptors (Lipinski definition) is 4. The average molecular weight is 317 g/mol.